The number of anilines is 1. The van der Waals surface area contributed by atoms with Crippen molar-refractivity contribution in [3.8, 4) is 0 Å². The second kappa shape index (κ2) is 5.26. The maximum absolute atomic E-state index is 4.62. The quantitative estimate of drug-likeness (QED) is 0.923. The molecule has 0 saturated carbocycles. The van der Waals surface area contributed by atoms with Crippen molar-refractivity contribution >= 4 is 11.6 Å². The second-order valence-electron chi connectivity index (χ2n) is 6.20. The Bertz CT molecular complexity index is 649. The van der Waals surface area contributed by atoms with Gasteiger partial charge in [0.15, 0.2) is 0 Å². The molecule has 6 nitrogen and oxygen atoms in total. The van der Waals surface area contributed by atoms with Gasteiger partial charge in [0.2, 0.25) is 0 Å². The SMILES string of the molecule is CN1CCCC1CCNc1c2c(nc3ncnn13)CCC2. The molecule has 6 heteroatoms. The van der Waals surface area contributed by atoms with Crippen molar-refractivity contribution in [1.29, 1.82) is 0 Å². The Morgan fingerprint density at radius 3 is 3.14 bits per heavy atom. The van der Waals surface area contributed by atoms with Gasteiger partial charge in [-0.05, 0) is 52.1 Å². The molecule has 1 atom stereocenters. The van der Waals surface area contributed by atoms with Crippen LogP contribution < -0.4 is 5.32 Å². The van der Waals surface area contributed by atoms with E-state index in [9.17, 15) is 0 Å². The van der Waals surface area contributed by atoms with E-state index < -0.39 is 0 Å². The first-order chi connectivity index (χ1) is 10.3. The molecule has 21 heavy (non-hydrogen) atoms. The highest BCUT2D eigenvalue weighted by atomic mass is 15.4. The Balaban J connectivity index is 1.54. The number of nitrogens with zero attached hydrogens (tertiary/aromatic N) is 5. The minimum absolute atomic E-state index is 0.719. The average molecular weight is 286 g/mol. The molecule has 0 spiro atoms. The Morgan fingerprint density at radius 2 is 2.29 bits per heavy atom. The highest BCUT2D eigenvalue weighted by molar-refractivity contribution is 5.54. The van der Waals surface area contributed by atoms with Gasteiger partial charge in [0.1, 0.15) is 12.1 Å². The second-order valence-corrected chi connectivity index (χ2v) is 6.20. The fourth-order valence-corrected chi connectivity index (χ4v) is 3.71. The van der Waals surface area contributed by atoms with Crippen molar-refractivity contribution in [3.63, 3.8) is 0 Å². The van der Waals surface area contributed by atoms with E-state index >= 15 is 0 Å². The van der Waals surface area contributed by atoms with Crippen LogP contribution in [-0.2, 0) is 12.8 Å². The molecule has 1 aliphatic carbocycles. The predicted molar refractivity (Wildman–Crippen MR) is 81.6 cm³/mol. The van der Waals surface area contributed by atoms with E-state index in [1.54, 1.807) is 6.33 Å². The Morgan fingerprint density at radius 1 is 1.33 bits per heavy atom. The molecule has 2 aromatic heterocycles. The van der Waals surface area contributed by atoms with Gasteiger partial charge in [0, 0.05) is 18.2 Å². The Kier molecular flexibility index (Phi) is 3.25. The van der Waals surface area contributed by atoms with E-state index in [4.69, 9.17) is 0 Å². The van der Waals surface area contributed by atoms with Gasteiger partial charge >= 0.3 is 0 Å². The molecule has 1 saturated heterocycles. The van der Waals surface area contributed by atoms with E-state index in [-0.39, 0.29) is 0 Å². The summed E-state index contributed by atoms with van der Waals surface area (Å²) < 4.78 is 1.86. The van der Waals surface area contributed by atoms with Gasteiger partial charge in [-0.2, -0.15) is 14.6 Å². The van der Waals surface area contributed by atoms with Gasteiger partial charge in [0.05, 0.1) is 5.69 Å². The number of aromatic nitrogens is 4. The zero-order chi connectivity index (χ0) is 14.2. The number of fused-ring (bicyclic) bond motifs is 2. The van der Waals surface area contributed by atoms with Gasteiger partial charge in [-0.1, -0.05) is 0 Å². The first-order valence-corrected chi connectivity index (χ1v) is 7.98. The van der Waals surface area contributed by atoms with Crippen LogP contribution >= 0.6 is 0 Å². The fraction of sp³-hybridized carbons (Fsp3) is 0.667. The van der Waals surface area contributed by atoms with Gasteiger partial charge in [-0.3, -0.25) is 0 Å². The van der Waals surface area contributed by atoms with Crippen LogP contribution in [0.2, 0.25) is 0 Å². The molecule has 1 fully saturated rings. The minimum Gasteiger partial charge on any atom is -0.370 e. The first-order valence-electron chi connectivity index (χ1n) is 7.98. The van der Waals surface area contributed by atoms with Crippen molar-refractivity contribution in [3.05, 3.63) is 17.6 Å². The van der Waals surface area contributed by atoms with Crippen molar-refractivity contribution < 1.29 is 0 Å². The zero-order valence-electron chi connectivity index (χ0n) is 12.5. The largest absolute Gasteiger partial charge is 0.370 e. The maximum atomic E-state index is 4.62. The zero-order valence-corrected chi connectivity index (χ0v) is 12.5. The summed E-state index contributed by atoms with van der Waals surface area (Å²) in [4.78, 5) is 11.3. The summed E-state index contributed by atoms with van der Waals surface area (Å²) in [5.41, 5.74) is 2.55. The van der Waals surface area contributed by atoms with Crippen LogP contribution in [-0.4, -0.2) is 50.7 Å². The Labute approximate surface area is 124 Å². The molecule has 1 N–H and O–H groups in total. The van der Waals surface area contributed by atoms with E-state index in [0.717, 1.165) is 37.0 Å². The number of aryl methyl sites for hydroxylation is 1. The number of rotatable bonds is 4. The first kappa shape index (κ1) is 13.0. The molecule has 0 aromatic carbocycles. The number of hydrogen-bond acceptors (Lipinski definition) is 5. The summed E-state index contributed by atoms with van der Waals surface area (Å²) in [5.74, 6) is 1.83. The van der Waals surface area contributed by atoms with Crippen molar-refractivity contribution in [1.82, 2.24) is 24.5 Å². The highest BCUT2D eigenvalue weighted by Gasteiger charge is 2.23. The Hall–Kier alpha value is -1.69. The summed E-state index contributed by atoms with van der Waals surface area (Å²) in [6, 6.07) is 0.721. The molecule has 1 unspecified atom stereocenters. The van der Waals surface area contributed by atoms with E-state index in [1.165, 1.54) is 43.5 Å². The van der Waals surface area contributed by atoms with E-state index in [1.807, 2.05) is 4.52 Å². The van der Waals surface area contributed by atoms with Crippen LogP contribution in [0.1, 0.15) is 36.9 Å². The van der Waals surface area contributed by atoms with Crippen LogP contribution in [0.5, 0.6) is 0 Å². The molecule has 0 amide bonds. The van der Waals surface area contributed by atoms with Crippen molar-refractivity contribution in [2.75, 3.05) is 25.5 Å². The van der Waals surface area contributed by atoms with Crippen LogP contribution in [0.3, 0.4) is 0 Å². The lowest BCUT2D eigenvalue weighted by atomic mass is 10.1. The van der Waals surface area contributed by atoms with Crippen LogP contribution in [0.4, 0.5) is 5.82 Å². The number of nitrogens with one attached hydrogen (secondary N) is 1. The molecular weight excluding hydrogens is 264 g/mol. The third-order valence-corrected chi connectivity index (χ3v) is 4.89. The normalized spacial score (nSPS) is 22.0. The molecule has 2 aromatic rings. The monoisotopic (exact) mass is 286 g/mol. The molecule has 112 valence electrons. The summed E-state index contributed by atoms with van der Waals surface area (Å²) in [7, 11) is 2.23. The molecular formula is C15H22N6. The van der Waals surface area contributed by atoms with Crippen LogP contribution in [0.15, 0.2) is 6.33 Å². The molecule has 3 heterocycles. The van der Waals surface area contributed by atoms with E-state index in [0.29, 0.717) is 0 Å². The standard InChI is InChI=1S/C15H22N6/c1-20-9-3-4-11(20)7-8-16-14-12-5-2-6-13(12)19-15-17-10-18-21(14)15/h10-11,16H,2-9H2,1H3. The topological polar surface area (TPSA) is 58.3 Å². The average Bonchev–Trinajstić information content (AvgIpc) is 3.18. The summed E-state index contributed by atoms with van der Waals surface area (Å²) in [6.07, 6.45) is 8.79. The number of likely N-dealkylation sites (tertiary alicyclic amines) is 1. The van der Waals surface area contributed by atoms with Gasteiger partial charge in [-0.15, -0.1) is 0 Å². The minimum atomic E-state index is 0.719. The third-order valence-electron chi connectivity index (χ3n) is 4.89. The van der Waals surface area contributed by atoms with Crippen molar-refractivity contribution in [2.45, 2.75) is 44.6 Å². The third kappa shape index (κ3) is 2.27. The molecule has 4 rings (SSSR count). The molecule has 0 radical (unpaired) electrons. The van der Waals surface area contributed by atoms with Crippen LogP contribution in [0, 0.1) is 0 Å². The lowest BCUT2D eigenvalue weighted by Gasteiger charge is -2.20. The lowest BCUT2D eigenvalue weighted by Crippen LogP contribution is -2.27. The summed E-state index contributed by atoms with van der Waals surface area (Å²) in [6.45, 7) is 2.23. The van der Waals surface area contributed by atoms with Gasteiger partial charge < -0.3 is 10.2 Å². The predicted octanol–water partition coefficient (Wildman–Crippen LogP) is 1.51. The van der Waals surface area contributed by atoms with E-state index in [2.05, 4.69) is 32.3 Å². The molecule has 1 aliphatic heterocycles. The smallest absolute Gasteiger partial charge is 0.254 e. The maximum Gasteiger partial charge on any atom is 0.254 e. The fourth-order valence-electron chi connectivity index (χ4n) is 3.71. The van der Waals surface area contributed by atoms with Crippen molar-refractivity contribution in [2.24, 2.45) is 0 Å². The molecule has 0 bridgehead atoms. The summed E-state index contributed by atoms with van der Waals surface area (Å²) >= 11 is 0. The van der Waals surface area contributed by atoms with Crippen LogP contribution in [0.25, 0.3) is 5.78 Å². The highest BCUT2D eigenvalue weighted by Crippen LogP contribution is 2.28. The number of hydrogen-bond donors (Lipinski definition) is 1. The lowest BCUT2D eigenvalue weighted by molar-refractivity contribution is 0.301. The molecule has 2 aliphatic rings. The summed E-state index contributed by atoms with van der Waals surface area (Å²) in [5, 5.41) is 7.95. The van der Waals surface area contributed by atoms with Gasteiger partial charge in [0.25, 0.3) is 5.78 Å². The van der Waals surface area contributed by atoms with Gasteiger partial charge in [-0.25, -0.2) is 4.98 Å².